The minimum absolute atomic E-state index is 0.760. The Bertz CT molecular complexity index is 470. The molecule has 2 N–H and O–H groups in total. The maximum Gasteiger partial charge on any atom is 0.0443 e. The summed E-state index contributed by atoms with van der Waals surface area (Å²) in [5.74, 6) is 0. The fourth-order valence-corrected chi connectivity index (χ4v) is 1.73. The molecule has 2 nitrogen and oxygen atoms in total. The average Bonchev–Trinajstić information content (AvgIpc) is 2.38. The van der Waals surface area contributed by atoms with E-state index in [1.807, 2.05) is 66.2 Å². The quantitative estimate of drug-likeness (QED) is 0.490. The summed E-state index contributed by atoms with van der Waals surface area (Å²) in [6, 6.07) is 7.71. The lowest BCUT2D eigenvalue weighted by atomic mass is 10.2. The maximum atomic E-state index is 5.68. The predicted octanol–water partition coefficient (Wildman–Crippen LogP) is 4.07. The number of nitrogens with two attached hydrogens (primary N) is 1. The molecule has 0 aliphatic rings. The van der Waals surface area contributed by atoms with E-state index >= 15 is 0 Å². The molecular weight excluding hydrogens is 239 g/mol. The number of benzene rings is 1. The predicted molar refractivity (Wildman–Crippen MR) is 85.3 cm³/mol. The average molecular weight is 258 g/mol. The van der Waals surface area contributed by atoms with E-state index in [1.54, 1.807) is 6.08 Å². The second-order valence-corrected chi connectivity index (χ2v) is 4.19. The zero-order valence-corrected chi connectivity index (χ0v) is 11.7. The van der Waals surface area contributed by atoms with Crippen LogP contribution in [0.15, 0.2) is 73.0 Å². The molecule has 0 spiro atoms. The van der Waals surface area contributed by atoms with Gasteiger partial charge >= 0.3 is 0 Å². The third-order valence-electron chi connectivity index (χ3n) is 2.31. The highest BCUT2D eigenvalue weighted by Crippen LogP contribution is 2.25. The summed E-state index contributed by atoms with van der Waals surface area (Å²) < 4.78 is 2.00. The topological polar surface area (TPSA) is 29.3 Å². The largest absolute Gasteiger partial charge is 0.399 e. The number of hydrogen-bond acceptors (Lipinski definition) is 2. The Kier molecular flexibility index (Phi) is 5.96. The van der Waals surface area contributed by atoms with E-state index in [4.69, 9.17) is 5.73 Å². The van der Waals surface area contributed by atoms with Gasteiger partial charge in [0.25, 0.3) is 0 Å². The van der Waals surface area contributed by atoms with Crippen molar-refractivity contribution in [3.05, 3.63) is 73.0 Å². The van der Waals surface area contributed by atoms with Gasteiger partial charge < -0.3 is 10.4 Å². The molecule has 1 atom stereocenters. The number of nitrogen functional groups attached to an aromatic ring is 1. The highest BCUT2D eigenvalue weighted by atomic mass is 31.0. The minimum Gasteiger partial charge on any atom is -0.399 e. The Balaban J connectivity index is 2.96. The Morgan fingerprint density at radius 2 is 1.94 bits per heavy atom. The van der Waals surface area contributed by atoms with E-state index in [9.17, 15) is 0 Å². The summed E-state index contributed by atoms with van der Waals surface area (Å²) in [4.78, 5) is 0. The second-order valence-electron chi connectivity index (χ2n) is 3.67. The van der Waals surface area contributed by atoms with Crippen molar-refractivity contribution in [2.75, 3.05) is 10.4 Å². The Hall–Kier alpha value is -1.79. The van der Waals surface area contributed by atoms with Crippen LogP contribution in [-0.2, 0) is 0 Å². The lowest BCUT2D eigenvalue weighted by Crippen LogP contribution is -2.06. The molecule has 1 aromatic carbocycles. The molecule has 1 rings (SSSR count). The molecule has 0 radical (unpaired) electrons. The number of anilines is 2. The van der Waals surface area contributed by atoms with E-state index in [2.05, 4.69) is 16.0 Å². The van der Waals surface area contributed by atoms with Crippen LogP contribution in [-0.4, -0.2) is 0 Å². The van der Waals surface area contributed by atoms with Crippen LogP contribution < -0.4 is 10.4 Å². The van der Waals surface area contributed by atoms with Crippen LogP contribution in [0.5, 0.6) is 0 Å². The van der Waals surface area contributed by atoms with Crippen LogP contribution in [0.4, 0.5) is 11.4 Å². The first kappa shape index (κ1) is 14.3. The molecule has 0 aliphatic heterocycles. The van der Waals surface area contributed by atoms with E-state index in [0.717, 1.165) is 17.1 Å². The second kappa shape index (κ2) is 7.52. The third-order valence-corrected chi connectivity index (χ3v) is 2.90. The van der Waals surface area contributed by atoms with Crippen LogP contribution in [0, 0.1) is 0 Å². The molecule has 1 aromatic rings. The monoisotopic (exact) mass is 258 g/mol. The Morgan fingerprint density at radius 3 is 2.50 bits per heavy atom. The van der Waals surface area contributed by atoms with Gasteiger partial charge in [-0.05, 0) is 52.7 Å². The summed E-state index contributed by atoms with van der Waals surface area (Å²) in [7, 11) is 2.69. The van der Waals surface area contributed by atoms with Crippen molar-refractivity contribution in [2.45, 2.75) is 6.92 Å². The van der Waals surface area contributed by atoms with Crippen LogP contribution in [0.25, 0.3) is 0 Å². The lowest BCUT2D eigenvalue weighted by Gasteiger charge is -2.20. The number of allylic oxidation sites excluding steroid dienone is 6. The minimum atomic E-state index is 0.760. The molecule has 0 fully saturated rings. The van der Waals surface area contributed by atoms with Crippen LogP contribution >= 0.6 is 9.39 Å². The SMILES string of the molecule is C=C\C=C(/C=C\C=C/C)N(P)c1ccc(N)cc1. The molecule has 0 heterocycles. The standard InChI is InChI=1S/C15H19N2P/c1-3-5-6-8-14(7-4-2)17(18)15-11-9-13(16)10-12-15/h3-12H,2,16,18H2,1H3/b5-3-,8-6-,14-7+. The van der Waals surface area contributed by atoms with Gasteiger partial charge in [-0.25, -0.2) is 0 Å². The van der Waals surface area contributed by atoms with E-state index in [1.165, 1.54) is 0 Å². The molecular formula is C15H19N2P. The molecule has 94 valence electrons. The van der Waals surface area contributed by atoms with Gasteiger partial charge in [0.1, 0.15) is 0 Å². The molecule has 0 saturated heterocycles. The molecule has 0 bridgehead atoms. The van der Waals surface area contributed by atoms with Crippen molar-refractivity contribution in [1.82, 2.24) is 0 Å². The van der Waals surface area contributed by atoms with Gasteiger partial charge in [-0.3, -0.25) is 0 Å². The highest BCUT2D eigenvalue weighted by Gasteiger charge is 2.03. The maximum absolute atomic E-state index is 5.68. The molecule has 0 amide bonds. The van der Waals surface area contributed by atoms with Gasteiger partial charge in [0.05, 0.1) is 0 Å². The smallest absolute Gasteiger partial charge is 0.0443 e. The fraction of sp³-hybridized carbons (Fsp3) is 0.0667. The van der Waals surface area contributed by atoms with Gasteiger partial charge in [-0.15, -0.1) is 0 Å². The molecule has 0 aromatic heterocycles. The zero-order valence-electron chi connectivity index (χ0n) is 10.6. The molecule has 0 saturated carbocycles. The summed E-state index contributed by atoms with van der Waals surface area (Å²) in [6.07, 6.45) is 11.7. The zero-order chi connectivity index (χ0) is 13.4. The first-order valence-electron chi connectivity index (χ1n) is 5.71. The summed E-state index contributed by atoms with van der Waals surface area (Å²) >= 11 is 0. The van der Waals surface area contributed by atoms with Gasteiger partial charge in [0.15, 0.2) is 0 Å². The third kappa shape index (κ3) is 4.23. The van der Waals surface area contributed by atoms with Gasteiger partial charge in [-0.1, -0.05) is 30.9 Å². The lowest BCUT2D eigenvalue weighted by molar-refractivity contribution is 1.35. The fourth-order valence-electron chi connectivity index (χ4n) is 1.39. The van der Waals surface area contributed by atoms with Crippen molar-refractivity contribution in [2.24, 2.45) is 0 Å². The number of hydrogen-bond donors (Lipinski definition) is 1. The van der Waals surface area contributed by atoms with E-state index < -0.39 is 0 Å². The van der Waals surface area contributed by atoms with Crippen LogP contribution in [0.1, 0.15) is 6.92 Å². The summed E-state index contributed by atoms with van der Waals surface area (Å²) in [5, 5.41) is 0. The van der Waals surface area contributed by atoms with Crippen molar-refractivity contribution in [3.63, 3.8) is 0 Å². The highest BCUT2D eigenvalue weighted by molar-refractivity contribution is 7.19. The summed E-state index contributed by atoms with van der Waals surface area (Å²) in [6.45, 7) is 5.72. The summed E-state index contributed by atoms with van der Waals surface area (Å²) in [5.41, 5.74) is 8.52. The normalized spacial score (nSPS) is 12.2. The van der Waals surface area contributed by atoms with Crippen molar-refractivity contribution in [3.8, 4) is 0 Å². The molecule has 3 heteroatoms. The molecule has 1 unspecified atom stereocenters. The number of rotatable bonds is 5. The first-order valence-corrected chi connectivity index (χ1v) is 6.23. The van der Waals surface area contributed by atoms with Crippen LogP contribution in [0.2, 0.25) is 0 Å². The molecule has 18 heavy (non-hydrogen) atoms. The Morgan fingerprint density at radius 1 is 1.28 bits per heavy atom. The van der Waals surface area contributed by atoms with Crippen molar-refractivity contribution >= 4 is 20.8 Å². The van der Waals surface area contributed by atoms with E-state index in [0.29, 0.717) is 0 Å². The van der Waals surface area contributed by atoms with Crippen molar-refractivity contribution in [1.29, 1.82) is 0 Å². The van der Waals surface area contributed by atoms with Crippen LogP contribution in [0.3, 0.4) is 0 Å². The Labute approximate surface area is 111 Å². The van der Waals surface area contributed by atoms with Gasteiger partial charge in [0, 0.05) is 17.1 Å². The molecule has 0 aliphatic carbocycles. The van der Waals surface area contributed by atoms with E-state index in [-0.39, 0.29) is 0 Å². The van der Waals surface area contributed by atoms with Gasteiger partial charge in [-0.2, -0.15) is 0 Å². The first-order chi connectivity index (χ1) is 8.69. The van der Waals surface area contributed by atoms with Crippen molar-refractivity contribution < 1.29 is 0 Å². The van der Waals surface area contributed by atoms with Gasteiger partial charge in [0.2, 0.25) is 0 Å². The number of nitrogens with zero attached hydrogens (tertiary/aromatic N) is 1.